The minimum Gasteiger partial charge on any atom is -0.311 e. The minimum absolute atomic E-state index is 1.08. The summed E-state index contributed by atoms with van der Waals surface area (Å²) in [6.07, 6.45) is 0. The highest BCUT2D eigenvalue weighted by atomic mass is 15.2. The molecule has 24 aromatic rings. The number of rotatable bonds is 21. The van der Waals surface area contributed by atoms with E-state index in [1.807, 2.05) is 0 Å². The molecular formula is C134H94N4. The predicted octanol–water partition coefficient (Wildman–Crippen LogP) is 38.0. The van der Waals surface area contributed by atoms with Gasteiger partial charge in [0.05, 0.1) is 0 Å². The normalized spacial score (nSPS) is 11.2. The van der Waals surface area contributed by atoms with Crippen molar-refractivity contribution in [3.8, 4) is 100 Å². The molecule has 0 saturated heterocycles. The number of benzene rings is 24. The molecule has 0 radical (unpaired) electrons. The van der Waals surface area contributed by atoms with Gasteiger partial charge in [-0.15, -0.1) is 0 Å². The summed E-state index contributed by atoms with van der Waals surface area (Å²) >= 11 is 0. The number of hydrogen-bond acceptors (Lipinski definition) is 4. The van der Waals surface area contributed by atoms with Gasteiger partial charge in [-0.3, -0.25) is 0 Å². The van der Waals surface area contributed by atoms with Crippen LogP contribution >= 0.6 is 0 Å². The summed E-state index contributed by atoms with van der Waals surface area (Å²) in [5.74, 6) is 0. The van der Waals surface area contributed by atoms with Crippen molar-refractivity contribution in [1.82, 2.24) is 0 Å². The van der Waals surface area contributed by atoms with E-state index in [4.69, 9.17) is 0 Å². The van der Waals surface area contributed by atoms with Crippen LogP contribution in [0.3, 0.4) is 0 Å². The van der Waals surface area contributed by atoms with Crippen molar-refractivity contribution >= 4 is 122 Å². The first-order valence-electron chi connectivity index (χ1n) is 47.3. The van der Waals surface area contributed by atoms with Gasteiger partial charge in [0.15, 0.2) is 0 Å². The van der Waals surface area contributed by atoms with Crippen LogP contribution in [0.2, 0.25) is 0 Å². The largest absolute Gasteiger partial charge is 0.311 e. The Morgan fingerprint density at radius 2 is 0.232 bits per heavy atom. The maximum atomic E-state index is 2.37. The monoisotopic (exact) mass is 1760 g/mol. The minimum atomic E-state index is 1.08. The Balaban J connectivity index is 0.000000155. The molecule has 0 fully saturated rings. The Bertz CT molecular complexity index is 8170. The van der Waals surface area contributed by atoms with Gasteiger partial charge < -0.3 is 19.6 Å². The van der Waals surface area contributed by atoms with Crippen LogP contribution in [0.25, 0.3) is 154 Å². The maximum absolute atomic E-state index is 2.37. The molecule has 24 rings (SSSR count). The van der Waals surface area contributed by atoms with Gasteiger partial charge in [0, 0.05) is 68.2 Å². The van der Waals surface area contributed by atoms with Gasteiger partial charge in [-0.1, -0.05) is 425 Å². The number of nitrogens with zero attached hydrogens (tertiary/aromatic N) is 4. The molecule has 0 saturated carbocycles. The fourth-order valence-electron chi connectivity index (χ4n) is 20.1. The van der Waals surface area contributed by atoms with Crippen molar-refractivity contribution in [3.63, 3.8) is 0 Å². The average molecular weight is 1760 g/mol. The fraction of sp³-hybridized carbons (Fsp3) is 0. The van der Waals surface area contributed by atoms with E-state index < -0.39 is 0 Å². The maximum Gasteiger partial charge on any atom is 0.0462 e. The van der Waals surface area contributed by atoms with Gasteiger partial charge in [-0.25, -0.2) is 0 Å². The summed E-state index contributed by atoms with van der Waals surface area (Å²) in [7, 11) is 0. The van der Waals surface area contributed by atoms with E-state index in [-0.39, 0.29) is 0 Å². The molecule has 0 amide bonds. The molecule has 0 atom stereocenters. The Morgan fingerprint density at radius 3 is 0.464 bits per heavy atom. The van der Waals surface area contributed by atoms with Gasteiger partial charge in [-0.05, 0) is 300 Å². The average Bonchev–Trinajstić information content (AvgIpc) is 0.736. The van der Waals surface area contributed by atoms with Gasteiger partial charge >= 0.3 is 0 Å². The van der Waals surface area contributed by atoms with Gasteiger partial charge in [-0.2, -0.15) is 0 Å². The molecule has 0 heterocycles. The summed E-state index contributed by atoms with van der Waals surface area (Å²) in [5.41, 5.74) is 34.9. The summed E-state index contributed by atoms with van der Waals surface area (Å²) in [5, 5.41) is 12.5. The predicted molar refractivity (Wildman–Crippen MR) is 588 cm³/mol. The first-order valence-corrected chi connectivity index (χ1v) is 47.3. The summed E-state index contributed by atoms with van der Waals surface area (Å²) in [6.45, 7) is 0. The second-order valence-corrected chi connectivity index (χ2v) is 34.9. The molecule has 0 aromatic heterocycles. The van der Waals surface area contributed by atoms with Crippen LogP contribution in [0.4, 0.5) is 68.2 Å². The van der Waals surface area contributed by atoms with E-state index in [0.717, 1.165) is 90.5 Å². The van der Waals surface area contributed by atoms with Crippen LogP contribution in [0, 0.1) is 0 Å². The number of hydrogen-bond donors (Lipinski definition) is 0. The molecule has 650 valence electrons. The Labute approximate surface area is 806 Å². The van der Waals surface area contributed by atoms with Crippen LogP contribution in [0.15, 0.2) is 570 Å². The third-order valence-electron chi connectivity index (χ3n) is 26.7. The van der Waals surface area contributed by atoms with E-state index in [9.17, 15) is 0 Å². The van der Waals surface area contributed by atoms with Crippen molar-refractivity contribution in [1.29, 1.82) is 0 Å². The van der Waals surface area contributed by atoms with Crippen LogP contribution < -0.4 is 19.6 Å². The van der Waals surface area contributed by atoms with E-state index >= 15 is 0 Å². The van der Waals surface area contributed by atoms with Crippen molar-refractivity contribution in [2.45, 2.75) is 0 Å². The van der Waals surface area contributed by atoms with Crippen molar-refractivity contribution in [3.05, 3.63) is 570 Å². The zero-order chi connectivity index (χ0) is 91.9. The highest BCUT2D eigenvalue weighted by Gasteiger charge is 2.24. The topological polar surface area (TPSA) is 13.0 Å². The SMILES string of the molecule is c1ccc(-c2c3ccccc3c(-c3ccc(N(c4ccc(-c5ccc(N(c6ccccc6)c6ccccc6)cc5)cc4)c4ccc(-c5cccc6ccccc56)cc4)cc3)c3ccccc23)cc1.c1ccc(-c2ccc(-c3ccc(N(c4ccc(-c5ccc(N(c6ccccc6)c6ccccc6)cc5)cc4)c4ccc(-c5c6ccccc6c(-c6ccccc6)c6ccccc56)cc4)cc3)cc2)cc1. The molecule has 138 heavy (non-hydrogen) atoms. The lowest BCUT2D eigenvalue weighted by atomic mass is 9.86. The lowest BCUT2D eigenvalue weighted by Gasteiger charge is -2.27. The Morgan fingerprint density at radius 1 is 0.0870 bits per heavy atom. The number of anilines is 12. The van der Waals surface area contributed by atoms with Crippen molar-refractivity contribution in [2.24, 2.45) is 0 Å². The van der Waals surface area contributed by atoms with Gasteiger partial charge in [0.1, 0.15) is 0 Å². The Kier molecular flexibility index (Phi) is 23.3. The number of para-hydroxylation sites is 4. The molecule has 0 aliphatic heterocycles. The van der Waals surface area contributed by atoms with Crippen molar-refractivity contribution in [2.75, 3.05) is 19.6 Å². The third-order valence-corrected chi connectivity index (χ3v) is 26.7. The van der Waals surface area contributed by atoms with Crippen molar-refractivity contribution < 1.29 is 0 Å². The first kappa shape index (κ1) is 84.1. The molecule has 0 bridgehead atoms. The zero-order valence-electron chi connectivity index (χ0n) is 76.1. The van der Waals surface area contributed by atoms with E-state index in [1.54, 1.807) is 0 Å². The molecule has 0 aliphatic carbocycles. The lowest BCUT2D eigenvalue weighted by molar-refractivity contribution is 1.28. The third kappa shape index (κ3) is 16.8. The molecule has 0 aliphatic rings. The first-order chi connectivity index (χ1) is 68.5. The smallest absolute Gasteiger partial charge is 0.0462 e. The molecule has 4 nitrogen and oxygen atoms in total. The van der Waals surface area contributed by atoms with E-state index in [2.05, 4.69) is 590 Å². The molecular weight excluding hydrogens is 1670 g/mol. The summed E-state index contributed by atoms with van der Waals surface area (Å²) in [6, 6.07) is 206. The lowest BCUT2D eigenvalue weighted by Crippen LogP contribution is -2.10. The highest BCUT2D eigenvalue weighted by Crippen LogP contribution is 2.50. The van der Waals surface area contributed by atoms with E-state index in [0.29, 0.717) is 0 Å². The van der Waals surface area contributed by atoms with Crippen LogP contribution in [0.5, 0.6) is 0 Å². The van der Waals surface area contributed by atoms with Crippen LogP contribution in [0.1, 0.15) is 0 Å². The van der Waals surface area contributed by atoms with E-state index in [1.165, 1.54) is 132 Å². The summed E-state index contributed by atoms with van der Waals surface area (Å²) in [4.78, 5) is 9.33. The Hall–Kier alpha value is -18.2. The fourth-order valence-corrected chi connectivity index (χ4v) is 20.1. The molecule has 0 N–H and O–H groups in total. The number of fused-ring (bicyclic) bond motifs is 5. The second-order valence-electron chi connectivity index (χ2n) is 34.9. The highest BCUT2D eigenvalue weighted by molar-refractivity contribution is 6.23. The second kappa shape index (κ2) is 38.2. The van der Waals surface area contributed by atoms with Crippen LogP contribution in [-0.2, 0) is 0 Å². The van der Waals surface area contributed by atoms with Gasteiger partial charge in [0.25, 0.3) is 0 Å². The zero-order valence-corrected chi connectivity index (χ0v) is 76.1. The standard InChI is InChI=1S/C68H48N2.C66H46N2/c1-5-17-49(18-6-1)50-29-31-51(32-30-50)52-33-43-60(44-34-52)70(61-45-37-54(38-46-61)53-35-41-59(42-36-53)69(57-21-9-3-10-22-57)58-23-11-4-12-24-58)62-47-39-56(40-48-62)68-65-27-15-13-25-63(65)67(55-19-7-2-8-20-55)64-26-14-16-28-66(64)68;1-4-18-51(19-5-1)65-61-26-12-14-28-63(61)66(64-29-15-13-27-62(64)65)52-37-45-58(46-38-52)68(57-43-35-50(36-44-57)60-30-16-20-49-17-10-11-25-59(49)60)56-41-33-48(34-42-56)47-31-39-55(40-32-47)67(53-21-6-2-7-22-53)54-23-8-3-9-24-54/h1-48H;1-46H. The van der Waals surface area contributed by atoms with Gasteiger partial charge in [0.2, 0.25) is 0 Å². The molecule has 0 spiro atoms. The quantitative estimate of drug-likeness (QED) is 0.0665. The van der Waals surface area contributed by atoms with Crippen LogP contribution in [-0.4, -0.2) is 0 Å². The summed E-state index contributed by atoms with van der Waals surface area (Å²) < 4.78 is 0. The molecule has 0 unspecified atom stereocenters. The molecule has 24 aromatic carbocycles. The molecule has 4 heteroatoms.